The summed E-state index contributed by atoms with van der Waals surface area (Å²) in [5.41, 5.74) is 0.807. The third kappa shape index (κ3) is 2.88. The quantitative estimate of drug-likeness (QED) is 0.639. The van der Waals surface area contributed by atoms with Gasteiger partial charge in [0.15, 0.2) is 4.90 Å². The van der Waals surface area contributed by atoms with Crippen molar-refractivity contribution in [3.63, 3.8) is 0 Å². The number of aryl methyl sites for hydroxylation is 2. The number of amides is 1. The zero-order chi connectivity index (χ0) is 15.8. The Bertz CT molecular complexity index is 714. The number of hydrogen-bond acceptors (Lipinski definition) is 5. The summed E-state index contributed by atoms with van der Waals surface area (Å²) >= 11 is 0. The normalized spacial score (nSPS) is 16.6. The van der Waals surface area contributed by atoms with E-state index in [0.717, 1.165) is 4.31 Å². The summed E-state index contributed by atoms with van der Waals surface area (Å²) in [4.78, 5) is 21.4. The summed E-state index contributed by atoms with van der Waals surface area (Å²) in [7, 11) is -4.08. The fourth-order valence-corrected chi connectivity index (χ4v) is 3.70. The molecular weight excluding hydrogens is 298 g/mol. The van der Waals surface area contributed by atoms with Crippen molar-refractivity contribution in [1.82, 2.24) is 9.62 Å². The molecule has 21 heavy (non-hydrogen) atoms. The molecule has 1 heterocycles. The third-order valence-corrected chi connectivity index (χ3v) is 5.27. The first-order valence-electron chi connectivity index (χ1n) is 6.26. The molecule has 0 bridgehead atoms. The highest BCUT2D eigenvalue weighted by molar-refractivity contribution is 7.89. The molecule has 1 aromatic carbocycles. The van der Waals surface area contributed by atoms with Crippen LogP contribution in [0.2, 0.25) is 0 Å². The number of sulfonamides is 1. The van der Waals surface area contributed by atoms with E-state index in [1.54, 1.807) is 13.8 Å². The van der Waals surface area contributed by atoms with E-state index in [9.17, 15) is 23.3 Å². The lowest BCUT2D eigenvalue weighted by molar-refractivity contribution is -0.387. The highest BCUT2D eigenvalue weighted by Crippen LogP contribution is 2.29. The Hall–Kier alpha value is -2.00. The van der Waals surface area contributed by atoms with E-state index in [2.05, 4.69) is 5.32 Å². The van der Waals surface area contributed by atoms with Crippen molar-refractivity contribution in [1.29, 1.82) is 0 Å². The molecule has 1 saturated heterocycles. The van der Waals surface area contributed by atoms with Gasteiger partial charge in [-0.15, -0.1) is 0 Å². The van der Waals surface area contributed by atoms with Crippen LogP contribution in [0.3, 0.4) is 0 Å². The molecule has 1 fully saturated rings. The van der Waals surface area contributed by atoms with Crippen LogP contribution in [-0.2, 0) is 14.8 Å². The highest BCUT2D eigenvalue weighted by Gasteiger charge is 2.34. The van der Waals surface area contributed by atoms with E-state index >= 15 is 0 Å². The fraction of sp³-hybridized carbons (Fsp3) is 0.417. The maximum absolute atomic E-state index is 12.6. The number of nitrogens with zero attached hydrogens (tertiary/aromatic N) is 2. The van der Waals surface area contributed by atoms with Gasteiger partial charge in [0.2, 0.25) is 15.9 Å². The minimum Gasteiger partial charge on any atom is -0.354 e. The van der Waals surface area contributed by atoms with Gasteiger partial charge in [-0.2, -0.15) is 4.31 Å². The standard InChI is InChI=1S/C12H15N3O5S/c1-8-5-10(15(17)18)11(6-9(8)2)21(19,20)14-4-3-13-12(16)7-14/h5-6H,3-4,7H2,1-2H3,(H,13,16). The van der Waals surface area contributed by atoms with E-state index in [1.165, 1.54) is 12.1 Å². The topological polar surface area (TPSA) is 110 Å². The fourth-order valence-electron chi connectivity index (χ4n) is 2.08. The second kappa shape index (κ2) is 5.41. The summed E-state index contributed by atoms with van der Waals surface area (Å²) < 4.78 is 26.1. The smallest absolute Gasteiger partial charge is 0.289 e. The number of nitro benzene ring substituents is 1. The predicted octanol–water partition coefficient (Wildman–Crippen LogP) is 0.332. The molecule has 114 valence electrons. The van der Waals surface area contributed by atoms with Gasteiger partial charge in [-0.05, 0) is 31.0 Å². The van der Waals surface area contributed by atoms with E-state index in [-0.39, 0.29) is 24.5 Å². The largest absolute Gasteiger partial charge is 0.354 e. The Balaban J connectivity index is 2.56. The van der Waals surface area contributed by atoms with Crippen molar-refractivity contribution in [2.75, 3.05) is 19.6 Å². The Morgan fingerprint density at radius 2 is 1.90 bits per heavy atom. The average molecular weight is 313 g/mol. The van der Waals surface area contributed by atoms with Crippen molar-refractivity contribution >= 4 is 21.6 Å². The molecule has 1 amide bonds. The molecule has 2 rings (SSSR count). The molecule has 0 atom stereocenters. The first-order valence-corrected chi connectivity index (χ1v) is 7.70. The van der Waals surface area contributed by atoms with Gasteiger partial charge < -0.3 is 5.32 Å². The number of carbonyl (C=O) groups excluding carboxylic acids is 1. The number of piperazine rings is 1. The first kappa shape index (κ1) is 15.4. The lowest BCUT2D eigenvalue weighted by Crippen LogP contribution is -2.49. The second-order valence-corrected chi connectivity index (χ2v) is 6.76. The SMILES string of the molecule is Cc1cc([N+](=O)[O-])c(S(=O)(=O)N2CCNC(=O)C2)cc1C. The predicted molar refractivity (Wildman–Crippen MR) is 74.3 cm³/mol. The molecule has 0 radical (unpaired) electrons. The molecule has 0 saturated carbocycles. The molecule has 0 spiro atoms. The zero-order valence-corrected chi connectivity index (χ0v) is 12.4. The number of hydrogen-bond donors (Lipinski definition) is 1. The third-order valence-electron chi connectivity index (χ3n) is 3.39. The van der Waals surface area contributed by atoms with Gasteiger partial charge in [0.1, 0.15) is 0 Å². The molecule has 0 aromatic heterocycles. The molecular formula is C12H15N3O5S. The minimum atomic E-state index is -4.08. The molecule has 0 unspecified atom stereocenters. The number of benzene rings is 1. The van der Waals surface area contributed by atoms with Crippen LogP contribution in [0.15, 0.2) is 17.0 Å². The maximum atomic E-state index is 12.6. The molecule has 1 aliphatic heterocycles. The van der Waals surface area contributed by atoms with Gasteiger partial charge in [0.25, 0.3) is 5.69 Å². The van der Waals surface area contributed by atoms with Crippen molar-refractivity contribution in [3.05, 3.63) is 33.4 Å². The highest BCUT2D eigenvalue weighted by atomic mass is 32.2. The molecule has 8 nitrogen and oxygen atoms in total. The van der Waals surface area contributed by atoms with Crippen LogP contribution in [-0.4, -0.2) is 43.2 Å². The van der Waals surface area contributed by atoms with Gasteiger partial charge in [0.05, 0.1) is 11.5 Å². The van der Waals surface area contributed by atoms with Crippen LogP contribution >= 0.6 is 0 Å². The average Bonchev–Trinajstić information content (AvgIpc) is 2.41. The van der Waals surface area contributed by atoms with E-state index < -0.39 is 26.5 Å². The van der Waals surface area contributed by atoms with Crippen LogP contribution < -0.4 is 5.32 Å². The lowest BCUT2D eigenvalue weighted by Gasteiger charge is -2.26. The first-order chi connectivity index (χ1) is 9.73. The Morgan fingerprint density at radius 1 is 1.29 bits per heavy atom. The Morgan fingerprint density at radius 3 is 2.48 bits per heavy atom. The van der Waals surface area contributed by atoms with Gasteiger partial charge >= 0.3 is 0 Å². The van der Waals surface area contributed by atoms with E-state index in [4.69, 9.17) is 0 Å². The van der Waals surface area contributed by atoms with Crippen LogP contribution in [0.1, 0.15) is 11.1 Å². The van der Waals surface area contributed by atoms with Crippen LogP contribution in [0.25, 0.3) is 0 Å². The van der Waals surface area contributed by atoms with Crippen molar-refractivity contribution < 1.29 is 18.1 Å². The maximum Gasteiger partial charge on any atom is 0.289 e. The van der Waals surface area contributed by atoms with Crippen molar-refractivity contribution in [2.45, 2.75) is 18.7 Å². The van der Waals surface area contributed by atoms with Crippen LogP contribution in [0, 0.1) is 24.0 Å². The molecule has 0 aliphatic carbocycles. The molecule has 1 aromatic rings. The molecule has 1 N–H and O–H groups in total. The van der Waals surface area contributed by atoms with Gasteiger partial charge in [-0.3, -0.25) is 14.9 Å². The van der Waals surface area contributed by atoms with Gasteiger partial charge in [-0.1, -0.05) is 0 Å². The number of rotatable bonds is 3. The van der Waals surface area contributed by atoms with Crippen molar-refractivity contribution in [2.24, 2.45) is 0 Å². The summed E-state index contributed by atoms with van der Waals surface area (Å²) in [5.74, 6) is -0.420. The monoisotopic (exact) mass is 313 g/mol. The van der Waals surface area contributed by atoms with E-state index in [0.29, 0.717) is 11.1 Å². The Labute approximate surface area is 122 Å². The zero-order valence-electron chi connectivity index (χ0n) is 11.6. The summed E-state index contributed by atoms with van der Waals surface area (Å²) in [6.45, 7) is 3.31. The second-order valence-electron chi connectivity index (χ2n) is 4.85. The molecule has 1 aliphatic rings. The van der Waals surface area contributed by atoms with Crippen LogP contribution in [0.4, 0.5) is 5.69 Å². The minimum absolute atomic E-state index is 0.0954. The number of carbonyl (C=O) groups is 1. The van der Waals surface area contributed by atoms with Crippen molar-refractivity contribution in [3.8, 4) is 0 Å². The summed E-state index contributed by atoms with van der Waals surface area (Å²) in [6.07, 6.45) is 0. The number of nitro groups is 1. The van der Waals surface area contributed by atoms with Gasteiger partial charge in [0, 0.05) is 19.2 Å². The lowest BCUT2D eigenvalue weighted by atomic mass is 10.1. The van der Waals surface area contributed by atoms with E-state index in [1.807, 2.05) is 0 Å². The molecule has 9 heteroatoms. The summed E-state index contributed by atoms with van der Waals surface area (Å²) in [6, 6.07) is 2.53. The summed E-state index contributed by atoms with van der Waals surface area (Å²) in [5, 5.41) is 13.6. The number of nitrogens with one attached hydrogen (secondary N) is 1. The Kier molecular flexibility index (Phi) is 3.97. The van der Waals surface area contributed by atoms with Crippen LogP contribution in [0.5, 0.6) is 0 Å². The van der Waals surface area contributed by atoms with Gasteiger partial charge in [-0.25, -0.2) is 8.42 Å².